The lowest BCUT2D eigenvalue weighted by Crippen LogP contribution is -2.51. The molecule has 5 rings (SSSR count). The molecule has 1 saturated carbocycles. The van der Waals surface area contributed by atoms with E-state index in [0.29, 0.717) is 36.3 Å². The van der Waals surface area contributed by atoms with Gasteiger partial charge in [-0.05, 0) is 43.5 Å². The molecule has 1 aromatic carbocycles. The van der Waals surface area contributed by atoms with Crippen LogP contribution in [0, 0.1) is 6.92 Å². The van der Waals surface area contributed by atoms with Crippen LogP contribution in [0.5, 0.6) is 5.88 Å². The van der Waals surface area contributed by atoms with Gasteiger partial charge in [0.1, 0.15) is 6.10 Å². The Balaban J connectivity index is 1.23. The molecule has 160 valence electrons. The Morgan fingerprint density at radius 1 is 1.13 bits per heavy atom. The van der Waals surface area contributed by atoms with Crippen molar-refractivity contribution in [2.24, 2.45) is 0 Å². The van der Waals surface area contributed by atoms with Crippen molar-refractivity contribution in [1.29, 1.82) is 0 Å². The number of hydrogen-bond donors (Lipinski definition) is 0. The molecule has 3 aliphatic rings. The van der Waals surface area contributed by atoms with Gasteiger partial charge in [-0.15, -0.1) is 0 Å². The van der Waals surface area contributed by atoms with E-state index in [0.717, 1.165) is 28.7 Å². The van der Waals surface area contributed by atoms with Crippen LogP contribution in [0.1, 0.15) is 36.4 Å². The smallest absolute Gasteiger partial charge is 0.243 e. The van der Waals surface area contributed by atoms with Crippen molar-refractivity contribution in [3.05, 3.63) is 46.3 Å². The van der Waals surface area contributed by atoms with E-state index in [-0.39, 0.29) is 12.1 Å². The van der Waals surface area contributed by atoms with Crippen molar-refractivity contribution in [2.75, 3.05) is 26.2 Å². The van der Waals surface area contributed by atoms with Crippen LogP contribution in [0.25, 0.3) is 0 Å². The number of rotatable bonds is 5. The van der Waals surface area contributed by atoms with Crippen LogP contribution >= 0.6 is 15.9 Å². The number of ether oxygens (including phenoxy) is 1. The maximum Gasteiger partial charge on any atom is 0.243 e. The number of halogens is 1. The molecule has 0 amide bonds. The molecule has 2 atom stereocenters. The van der Waals surface area contributed by atoms with E-state index < -0.39 is 10.0 Å². The molecule has 2 saturated heterocycles. The standard InChI is InChI=1S/C21H25BrN4O3S/c1-14-8-18(4-5-19(14)22)30(27,28)26-7-6-25-13-17(9-16(25)12-26)29-21-11-23-20(10-24-21)15-2-3-15/h4-5,8,10-11,15-17H,2-3,6-7,9,12-13H2,1H3/t16-,17-/m0/s1. The monoisotopic (exact) mass is 492 g/mol. The van der Waals surface area contributed by atoms with Gasteiger partial charge in [0, 0.05) is 49.0 Å². The van der Waals surface area contributed by atoms with E-state index in [9.17, 15) is 8.42 Å². The number of hydrogen-bond acceptors (Lipinski definition) is 6. The molecule has 3 heterocycles. The topological polar surface area (TPSA) is 75.6 Å². The van der Waals surface area contributed by atoms with Gasteiger partial charge in [0.25, 0.3) is 0 Å². The molecular formula is C21H25BrN4O3S. The third kappa shape index (κ3) is 4.00. The molecule has 9 heteroatoms. The van der Waals surface area contributed by atoms with Crippen LogP contribution in [0.4, 0.5) is 0 Å². The van der Waals surface area contributed by atoms with Gasteiger partial charge < -0.3 is 4.74 Å². The highest BCUT2D eigenvalue weighted by molar-refractivity contribution is 9.10. The minimum Gasteiger partial charge on any atom is -0.472 e. The van der Waals surface area contributed by atoms with Crippen molar-refractivity contribution in [2.45, 2.75) is 49.1 Å². The third-order valence-electron chi connectivity index (χ3n) is 6.24. The van der Waals surface area contributed by atoms with Crippen molar-refractivity contribution in [1.82, 2.24) is 19.2 Å². The van der Waals surface area contributed by atoms with Gasteiger partial charge in [-0.2, -0.15) is 4.31 Å². The van der Waals surface area contributed by atoms with Crippen molar-refractivity contribution in [3.8, 4) is 5.88 Å². The number of benzene rings is 1. The highest BCUT2D eigenvalue weighted by Gasteiger charge is 2.41. The van der Waals surface area contributed by atoms with Gasteiger partial charge >= 0.3 is 0 Å². The van der Waals surface area contributed by atoms with Crippen molar-refractivity contribution < 1.29 is 13.2 Å². The minimum atomic E-state index is -3.50. The summed E-state index contributed by atoms with van der Waals surface area (Å²) >= 11 is 3.44. The SMILES string of the molecule is Cc1cc(S(=O)(=O)N2CCN3C[C@@H](Oc4cnc(C5CC5)cn4)C[C@H]3C2)ccc1Br. The molecule has 0 radical (unpaired) electrons. The Morgan fingerprint density at radius 2 is 1.97 bits per heavy atom. The van der Waals surface area contributed by atoms with Gasteiger partial charge in [0.15, 0.2) is 0 Å². The second-order valence-corrected chi connectivity index (χ2v) is 11.2. The first-order valence-electron chi connectivity index (χ1n) is 10.4. The van der Waals surface area contributed by atoms with Crippen molar-refractivity contribution >= 4 is 26.0 Å². The quantitative estimate of drug-likeness (QED) is 0.638. The van der Waals surface area contributed by atoms with E-state index in [1.54, 1.807) is 28.7 Å². The lowest BCUT2D eigenvalue weighted by atomic mass is 10.2. The maximum absolute atomic E-state index is 13.1. The first-order chi connectivity index (χ1) is 14.4. The number of fused-ring (bicyclic) bond motifs is 1. The highest BCUT2D eigenvalue weighted by atomic mass is 79.9. The third-order valence-corrected chi connectivity index (χ3v) is 8.99. The van der Waals surface area contributed by atoms with Crippen LogP contribution in [0.15, 0.2) is 40.0 Å². The number of aryl methyl sites for hydroxylation is 1. The van der Waals surface area contributed by atoms with E-state index >= 15 is 0 Å². The lowest BCUT2D eigenvalue weighted by Gasteiger charge is -2.36. The van der Waals surface area contributed by atoms with Crippen molar-refractivity contribution in [3.63, 3.8) is 0 Å². The highest BCUT2D eigenvalue weighted by Crippen LogP contribution is 2.38. The molecule has 0 unspecified atom stereocenters. The van der Waals surface area contributed by atoms with Crippen LogP contribution in [0.3, 0.4) is 0 Å². The Labute approximate surface area is 185 Å². The van der Waals surface area contributed by atoms with Crippen LogP contribution < -0.4 is 4.74 Å². The summed E-state index contributed by atoms with van der Waals surface area (Å²) in [4.78, 5) is 11.6. The summed E-state index contributed by atoms with van der Waals surface area (Å²) in [5.74, 6) is 1.13. The Hall–Kier alpha value is -1.55. The molecular weight excluding hydrogens is 468 g/mol. The summed E-state index contributed by atoms with van der Waals surface area (Å²) in [5, 5.41) is 0. The predicted molar refractivity (Wildman–Crippen MR) is 116 cm³/mol. The summed E-state index contributed by atoms with van der Waals surface area (Å²) in [6.45, 7) is 4.40. The number of piperazine rings is 1. The number of sulfonamides is 1. The van der Waals surface area contributed by atoms with Crippen LogP contribution in [0.2, 0.25) is 0 Å². The molecule has 0 bridgehead atoms. The van der Waals surface area contributed by atoms with Gasteiger partial charge in [0.05, 0.1) is 23.0 Å². The van der Waals surface area contributed by atoms with E-state index in [4.69, 9.17) is 4.74 Å². The molecule has 30 heavy (non-hydrogen) atoms. The predicted octanol–water partition coefficient (Wildman–Crippen LogP) is 2.95. The average Bonchev–Trinajstić information content (AvgIpc) is 3.50. The fraction of sp³-hybridized carbons (Fsp3) is 0.524. The Bertz CT molecular complexity index is 1040. The minimum absolute atomic E-state index is 0.00801. The van der Waals surface area contributed by atoms with Gasteiger partial charge in [-0.1, -0.05) is 15.9 Å². The molecule has 2 aliphatic heterocycles. The van der Waals surface area contributed by atoms with Crippen LogP contribution in [-0.4, -0.2) is 65.9 Å². The maximum atomic E-state index is 13.1. The molecule has 0 spiro atoms. The normalized spacial score (nSPS) is 25.3. The largest absolute Gasteiger partial charge is 0.472 e. The Morgan fingerprint density at radius 3 is 2.67 bits per heavy atom. The Kier molecular flexibility index (Phi) is 5.33. The van der Waals surface area contributed by atoms with E-state index in [2.05, 4.69) is 30.8 Å². The van der Waals surface area contributed by atoms with Crippen LogP contribution in [-0.2, 0) is 10.0 Å². The zero-order chi connectivity index (χ0) is 20.9. The molecule has 3 fully saturated rings. The molecule has 1 aliphatic carbocycles. The van der Waals surface area contributed by atoms with Gasteiger partial charge in [-0.3, -0.25) is 9.88 Å². The molecule has 2 aromatic rings. The summed E-state index contributed by atoms with van der Waals surface area (Å²) in [7, 11) is -3.50. The second kappa shape index (κ2) is 7.85. The van der Waals surface area contributed by atoms with Gasteiger partial charge in [-0.25, -0.2) is 13.4 Å². The number of aromatic nitrogens is 2. The first-order valence-corrected chi connectivity index (χ1v) is 12.6. The van der Waals surface area contributed by atoms with E-state index in [1.165, 1.54) is 12.8 Å². The molecule has 7 nitrogen and oxygen atoms in total. The lowest BCUT2D eigenvalue weighted by molar-refractivity contribution is 0.151. The molecule has 0 N–H and O–H groups in total. The second-order valence-electron chi connectivity index (χ2n) is 8.45. The summed E-state index contributed by atoms with van der Waals surface area (Å²) < 4.78 is 34.9. The summed E-state index contributed by atoms with van der Waals surface area (Å²) in [6, 6.07) is 5.36. The summed E-state index contributed by atoms with van der Waals surface area (Å²) in [5.41, 5.74) is 1.97. The average molecular weight is 493 g/mol. The molecule has 1 aromatic heterocycles. The van der Waals surface area contributed by atoms with E-state index in [1.807, 2.05) is 13.1 Å². The summed E-state index contributed by atoms with van der Waals surface area (Å²) in [6.07, 6.45) is 6.74. The fourth-order valence-electron chi connectivity index (χ4n) is 4.35. The van der Waals surface area contributed by atoms with Gasteiger partial charge in [0.2, 0.25) is 15.9 Å². The fourth-order valence-corrected chi connectivity index (χ4v) is 6.15. The number of nitrogens with zero attached hydrogens (tertiary/aromatic N) is 4. The zero-order valence-electron chi connectivity index (χ0n) is 16.9. The zero-order valence-corrected chi connectivity index (χ0v) is 19.3. The first kappa shape index (κ1) is 20.4.